The molecule has 1 saturated heterocycles. The van der Waals surface area contributed by atoms with Gasteiger partial charge in [-0.3, -0.25) is 18.7 Å². The molecule has 0 aromatic heterocycles. The van der Waals surface area contributed by atoms with E-state index in [1.165, 1.54) is 4.90 Å². The largest absolute Gasteiger partial charge is 0.455 e. The van der Waals surface area contributed by atoms with Crippen molar-refractivity contribution in [2.45, 2.75) is 60.1 Å². The van der Waals surface area contributed by atoms with Crippen LogP contribution in [0.25, 0.3) is 0 Å². The lowest BCUT2D eigenvalue weighted by molar-refractivity contribution is -0.159. The van der Waals surface area contributed by atoms with Crippen LogP contribution in [-0.4, -0.2) is 52.9 Å². The van der Waals surface area contributed by atoms with Crippen LogP contribution < -0.4 is 5.32 Å². The Hall–Kier alpha value is -1.52. The van der Waals surface area contributed by atoms with E-state index in [0.29, 0.717) is 5.57 Å². The third-order valence-corrected chi connectivity index (χ3v) is 8.50. The molecular formula is C21H24Br2N2O5S. The van der Waals surface area contributed by atoms with E-state index in [0.717, 1.165) is 5.56 Å². The Bertz CT molecular complexity index is 958. The number of halogens is 2. The van der Waals surface area contributed by atoms with Crippen molar-refractivity contribution in [2.24, 2.45) is 0 Å². The molecule has 7 nitrogen and oxygen atoms in total. The number of alkyl halides is 2. The van der Waals surface area contributed by atoms with Crippen LogP contribution in [-0.2, 0) is 36.3 Å². The molecule has 168 valence electrons. The maximum Gasteiger partial charge on any atom is 0.355 e. The zero-order chi connectivity index (χ0) is 23.1. The summed E-state index contributed by atoms with van der Waals surface area (Å²) >= 11 is 6.87. The second-order valence-corrected chi connectivity index (χ2v) is 12.9. The lowest BCUT2D eigenvalue weighted by Gasteiger charge is -2.51. The Kier molecular flexibility index (Phi) is 7.12. The van der Waals surface area contributed by atoms with Gasteiger partial charge in [0, 0.05) is 10.4 Å². The van der Waals surface area contributed by atoms with E-state index in [1.807, 2.05) is 30.3 Å². The molecule has 0 aliphatic carbocycles. The maximum absolute atomic E-state index is 13.2. The van der Waals surface area contributed by atoms with Gasteiger partial charge in [-0.15, -0.1) is 0 Å². The molecule has 0 bridgehead atoms. The molecule has 5 atom stereocenters. The molecule has 4 unspecified atom stereocenters. The van der Waals surface area contributed by atoms with Crippen LogP contribution in [0.15, 0.2) is 41.6 Å². The van der Waals surface area contributed by atoms with Gasteiger partial charge in [-0.25, -0.2) is 4.79 Å². The first-order chi connectivity index (χ1) is 14.4. The molecule has 2 aliphatic heterocycles. The van der Waals surface area contributed by atoms with E-state index in [-0.39, 0.29) is 22.9 Å². The zero-order valence-corrected chi connectivity index (χ0v) is 21.5. The molecule has 10 heteroatoms. The molecule has 0 radical (unpaired) electrons. The number of ether oxygens (including phenoxy) is 1. The molecule has 1 aromatic carbocycles. The van der Waals surface area contributed by atoms with E-state index in [1.54, 1.807) is 27.7 Å². The molecule has 1 aromatic rings. The second kappa shape index (κ2) is 9.15. The number of amides is 2. The van der Waals surface area contributed by atoms with Crippen molar-refractivity contribution in [3.05, 3.63) is 47.2 Å². The number of hydrogen-bond donors (Lipinski definition) is 1. The first kappa shape index (κ1) is 24.1. The number of β-lactam (4-membered cyclic amide) rings is 1. The highest BCUT2D eigenvalue weighted by Gasteiger charge is 2.60. The number of esters is 1. The van der Waals surface area contributed by atoms with Gasteiger partial charge in [-0.1, -0.05) is 62.2 Å². The van der Waals surface area contributed by atoms with Crippen molar-refractivity contribution in [1.29, 1.82) is 0 Å². The minimum Gasteiger partial charge on any atom is -0.455 e. The number of fused-ring (bicyclic) bond motifs is 1. The number of carbonyl (C=O) groups is 3. The number of benzene rings is 1. The maximum atomic E-state index is 13.2. The Morgan fingerprint density at radius 2 is 1.87 bits per heavy atom. The Morgan fingerprint density at radius 3 is 2.42 bits per heavy atom. The number of nitrogens with zero attached hydrogens (tertiary/aromatic N) is 1. The standard InChI is InChI=1S/C21H24Br2N2O5S/c1-11(22)14-16(20(28)30-21(2,3)4)25-18(27)15(19(25)31(29)17(14)23)24-13(26)10-12-8-6-5-7-9-12/h5-9,11,15,17,19H,10H2,1-4H3,(H,24,26)/t11?,15?,17?,19-,31?/m1/s1. The quantitative estimate of drug-likeness (QED) is 0.331. The van der Waals surface area contributed by atoms with Gasteiger partial charge < -0.3 is 10.1 Å². The van der Waals surface area contributed by atoms with Crippen LogP contribution >= 0.6 is 31.9 Å². The summed E-state index contributed by atoms with van der Waals surface area (Å²) in [6.07, 6.45) is 0.0974. The van der Waals surface area contributed by atoms with E-state index in [4.69, 9.17) is 4.74 Å². The van der Waals surface area contributed by atoms with Gasteiger partial charge >= 0.3 is 5.97 Å². The SMILES string of the molecule is CC(Br)C1=C(C(=O)OC(C)(C)C)N2C(=O)C(NC(=O)Cc3ccccc3)[C@H]2S(=O)C1Br. The lowest BCUT2D eigenvalue weighted by atomic mass is 10.0. The van der Waals surface area contributed by atoms with Crippen LogP contribution in [0.2, 0.25) is 0 Å². The van der Waals surface area contributed by atoms with Crippen molar-refractivity contribution < 1.29 is 23.3 Å². The zero-order valence-electron chi connectivity index (χ0n) is 17.6. The summed E-state index contributed by atoms with van der Waals surface area (Å²) in [7, 11) is -1.59. The average molecular weight is 576 g/mol. The predicted octanol–water partition coefficient (Wildman–Crippen LogP) is 2.74. The molecule has 1 fully saturated rings. The fraction of sp³-hybridized carbons (Fsp3) is 0.476. The van der Waals surface area contributed by atoms with E-state index in [9.17, 15) is 18.6 Å². The summed E-state index contributed by atoms with van der Waals surface area (Å²) in [5, 5.41) is 1.83. The molecule has 0 saturated carbocycles. The van der Waals surface area contributed by atoms with Crippen LogP contribution in [0.1, 0.15) is 33.3 Å². The minimum absolute atomic E-state index is 0.0735. The fourth-order valence-electron chi connectivity index (χ4n) is 3.48. The van der Waals surface area contributed by atoms with Gasteiger partial charge in [0.15, 0.2) is 0 Å². The van der Waals surface area contributed by atoms with Crippen molar-refractivity contribution >= 4 is 60.4 Å². The molecule has 2 heterocycles. The normalized spacial score (nSPS) is 26.6. The number of rotatable bonds is 5. The van der Waals surface area contributed by atoms with E-state index < -0.39 is 43.9 Å². The first-order valence-electron chi connectivity index (χ1n) is 9.73. The topological polar surface area (TPSA) is 92.8 Å². The molecule has 2 amide bonds. The molecule has 3 rings (SSSR count). The summed E-state index contributed by atoms with van der Waals surface area (Å²) in [4.78, 5) is 39.4. The Labute approximate surface area is 200 Å². The molecule has 0 spiro atoms. The van der Waals surface area contributed by atoms with Crippen LogP contribution in [0.4, 0.5) is 0 Å². The summed E-state index contributed by atoms with van der Waals surface area (Å²) < 4.78 is 18.0. The van der Waals surface area contributed by atoms with Crippen molar-refractivity contribution in [3.8, 4) is 0 Å². The highest BCUT2D eigenvalue weighted by atomic mass is 79.9. The molecule has 2 aliphatic rings. The number of hydrogen-bond acceptors (Lipinski definition) is 5. The second-order valence-electron chi connectivity index (χ2n) is 8.37. The van der Waals surface area contributed by atoms with Crippen LogP contribution in [0.5, 0.6) is 0 Å². The molecular weight excluding hydrogens is 552 g/mol. The first-order valence-corrected chi connectivity index (χ1v) is 12.8. The van der Waals surface area contributed by atoms with Crippen molar-refractivity contribution in [1.82, 2.24) is 10.2 Å². The predicted molar refractivity (Wildman–Crippen MR) is 125 cm³/mol. The average Bonchev–Trinajstić information content (AvgIpc) is 2.66. The highest BCUT2D eigenvalue weighted by Crippen LogP contribution is 2.43. The van der Waals surface area contributed by atoms with Crippen molar-refractivity contribution in [2.75, 3.05) is 0 Å². The summed E-state index contributed by atoms with van der Waals surface area (Å²) in [5.41, 5.74) is 0.586. The van der Waals surface area contributed by atoms with Crippen LogP contribution in [0, 0.1) is 0 Å². The third-order valence-electron chi connectivity index (χ3n) is 4.79. The lowest BCUT2D eigenvalue weighted by Crippen LogP contribution is -2.74. The Balaban J connectivity index is 1.88. The highest BCUT2D eigenvalue weighted by molar-refractivity contribution is 9.11. The third kappa shape index (κ3) is 4.96. The summed E-state index contributed by atoms with van der Waals surface area (Å²) in [5.74, 6) is -1.50. The van der Waals surface area contributed by atoms with Gasteiger partial charge in [0.2, 0.25) is 5.91 Å². The summed E-state index contributed by atoms with van der Waals surface area (Å²) in [6.45, 7) is 6.99. The van der Waals surface area contributed by atoms with Gasteiger partial charge in [0.05, 0.1) is 17.2 Å². The van der Waals surface area contributed by atoms with Crippen molar-refractivity contribution in [3.63, 3.8) is 0 Å². The minimum atomic E-state index is -1.59. The van der Waals surface area contributed by atoms with Gasteiger partial charge in [0.1, 0.15) is 26.9 Å². The van der Waals surface area contributed by atoms with Gasteiger partial charge in [-0.05, 0) is 33.3 Å². The van der Waals surface area contributed by atoms with Crippen LogP contribution in [0.3, 0.4) is 0 Å². The summed E-state index contributed by atoms with van der Waals surface area (Å²) in [6, 6.07) is 8.16. The van der Waals surface area contributed by atoms with E-state index in [2.05, 4.69) is 37.2 Å². The smallest absolute Gasteiger partial charge is 0.355 e. The Morgan fingerprint density at radius 1 is 1.26 bits per heavy atom. The fourth-order valence-corrected chi connectivity index (χ4v) is 7.45. The van der Waals surface area contributed by atoms with E-state index >= 15 is 0 Å². The number of nitrogens with one attached hydrogen (secondary N) is 1. The van der Waals surface area contributed by atoms with Gasteiger partial charge in [0.25, 0.3) is 5.91 Å². The molecule has 31 heavy (non-hydrogen) atoms. The monoisotopic (exact) mass is 574 g/mol. The number of carbonyl (C=O) groups excluding carboxylic acids is 3. The molecule has 1 N–H and O–H groups in total. The van der Waals surface area contributed by atoms with Gasteiger partial charge in [-0.2, -0.15) is 0 Å².